The van der Waals surface area contributed by atoms with Gasteiger partial charge in [-0.3, -0.25) is 4.90 Å². The first-order chi connectivity index (χ1) is 15.4. The molecule has 157 valence electrons. The average Bonchev–Trinajstić information content (AvgIpc) is 3.32. The summed E-state index contributed by atoms with van der Waals surface area (Å²) in [7, 11) is 0. The van der Waals surface area contributed by atoms with Crippen LogP contribution in [-0.4, -0.2) is 58.9 Å². The van der Waals surface area contributed by atoms with Gasteiger partial charge in [0.25, 0.3) is 0 Å². The highest BCUT2D eigenvalue weighted by Crippen LogP contribution is 2.26. The Hall–Kier alpha value is -3.06. The second-order valence-electron chi connectivity index (χ2n) is 7.76. The molecule has 6 nitrogen and oxygen atoms in total. The molecule has 0 bridgehead atoms. The van der Waals surface area contributed by atoms with Crippen LogP contribution in [0.15, 0.2) is 67.0 Å². The van der Waals surface area contributed by atoms with Crippen LogP contribution in [0.5, 0.6) is 0 Å². The zero-order valence-electron chi connectivity index (χ0n) is 17.5. The van der Waals surface area contributed by atoms with Crippen molar-refractivity contribution in [3.63, 3.8) is 0 Å². The van der Waals surface area contributed by atoms with E-state index in [1.165, 1.54) is 16.7 Å². The molecule has 1 aliphatic heterocycles. The standard InChI is InChI=1S/C25H26N5O/c1-2-22(18-23(3-1)24-8-10-27-25-9-11-28-30(24)25)21-6-4-20(5-7-21)19-26-12-13-29-14-16-31-17-15-29/h1-8,10-11,18,26H,12-17,19H2. The van der Waals surface area contributed by atoms with E-state index >= 15 is 0 Å². The molecular formula is C25H26N5O. The number of nitrogens with zero attached hydrogens (tertiary/aromatic N) is 4. The van der Waals surface area contributed by atoms with Gasteiger partial charge in [0.05, 0.1) is 31.2 Å². The van der Waals surface area contributed by atoms with Gasteiger partial charge in [0.1, 0.15) is 0 Å². The zero-order valence-corrected chi connectivity index (χ0v) is 17.5. The summed E-state index contributed by atoms with van der Waals surface area (Å²) in [6.07, 6.45) is 3.46. The maximum atomic E-state index is 5.40. The lowest BCUT2D eigenvalue weighted by atomic mass is 10.0. The van der Waals surface area contributed by atoms with Crippen LogP contribution in [0.2, 0.25) is 0 Å². The smallest absolute Gasteiger partial charge is 0.163 e. The second kappa shape index (κ2) is 9.39. The van der Waals surface area contributed by atoms with Gasteiger partial charge in [-0.1, -0.05) is 42.5 Å². The van der Waals surface area contributed by atoms with E-state index in [0.29, 0.717) is 0 Å². The maximum absolute atomic E-state index is 5.40. The van der Waals surface area contributed by atoms with E-state index in [-0.39, 0.29) is 0 Å². The lowest BCUT2D eigenvalue weighted by Crippen LogP contribution is -2.40. The minimum absolute atomic E-state index is 0.730. The van der Waals surface area contributed by atoms with Gasteiger partial charge in [0.2, 0.25) is 0 Å². The largest absolute Gasteiger partial charge is 0.379 e. The normalized spacial score (nSPS) is 14.8. The van der Waals surface area contributed by atoms with E-state index in [1.807, 2.05) is 10.6 Å². The zero-order chi connectivity index (χ0) is 20.9. The molecular weight excluding hydrogens is 386 g/mol. The summed E-state index contributed by atoms with van der Waals surface area (Å²) < 4.78 is 7.22. The number of hydrogen-bond donors (Lipinski definition) is 1. The molecule has 0 atom stereocenters. The molecule has 0 spiro atoms. The van der Waals surface area contributed by atoms with Gasteiger partial charge in [0, 0.05) is 44.5 Å². The van der Waals surface area contributed by atoms with Gasteiger partial charge in [-0.2, -0.15) is 5.10 Å². The molecule has 1 saturated heterocycles. The molecule has 1 N–H and O–H groups in total. The number of morpholine rings is 1. The molecule has 2 aromatic heterocycles. The van der Waals surface area contributed by atoms with Gasteiger partial charge in [-0.05, 0) is 28.8 Å². The minimum Gasteiger partial charge on any atom is -0.379 e. The number of nitrogens with one attached hydrogen (secondary N) is 1. The Morgan fingerprint density at radius 1 is 0.968 bits per heavy atom. The molecule has 0 unspecified atom stereocenters. The van der Waals surface area contributed by atoms with Crippen molar-refractivity contribution in [1.29, 1.82) is 0 Å². The summed E-state index contributed by atoms with van der Waals surface area (Å²) in [4.78, 5) is 6.75. The van der Waals surface area contributed by atoms with E-state index in [2.05, 4.69) is 74.9 Å². The van der Waals surface area contributed by atoms with Gasteiger partial charge in [-0.15, -0.1) is 0 Å². The first-order valence-corrected chi connectivity index (χ1v) is 10.8. The Morgan fingerprint density at radius 2 is 1.81 bits per heavy atom. The summed E-state index contributed by atoms with van der Waals surface area (Å²) in [6, 6.07) is 22.4. The van der Waals surface area contributed by atoms with Gasteiger partial charge in [0.15, 0.2) is 5.65 Å². The van der Waals surface area contributed by atoms with Crippen LogP contribution in [0.3, 0.4) is 0 Å². The van der Waals surface area contributed by atoms with Crippen LogP contribution in [0.25, 0.3) is 28.0 Å². The van der Waals surface area contributed by atoms with Crippen molar-refractivity contribution in [1.82, 2.24) is 24.8 Å². The Morgan fingerprint density at radius 3 is 2.68 bits per heavy atom. The second-order valence-corrected chi connectivity index (χ2v) is 7.76. The molecule has 1 aliphatic rings. The van der Waals surface area contributed by atoms with Gasteiger partial charge in [-0.25, -0.2) is 9.50 Å². The van der Waals surface area contributed by atoms with E-state index in [1.54, 1.807) is 12.4 Å². The summed E-state index contributed by atoms with van der Waals surface area (Å²) in [5, 5.41) is 7.91. The fraction of sp³-hybridized carbons (Fsp3) is 0.280. The number of benzene rings is 2. The molecule has 0 amide bonds. The van der Waals surface area contributed by atoms with Gasteiger partial charge < -0.3 is 10.1 Å². The molecule has 3 heterocycles. The first kappa shape index (κ1) is 19.9. The van der Waals surface area contributed by atoms with Gasteiger partial charge >= 0.3 is 0 Å². The van der Waals surface area contributed by atoms with Crippen molar-refractivity contribution in [3.8, 4) is 22.4 Å². The third-order valence-electron chi connectivity index (χ3n) is 5.71. The lowest BCUT2D eigenvalue weighted by Gasteiger charge is -2.26. The first-order valence-electron chi connectivity index (χ1n) is 10.8. The molecule has 5 rings (SSSR count). The number of fused-ring (bicyclic) bond motifs is 1. The summed E-state index contributed by atoms with van der Waals surface area (Å²) in [5.74, 6) is 0. The van der Waals surface area contributed by atoms with Crippen molar-refractivity contribution >= 4 is 5.65 Å². The number of rotatable bonds is 7. The van der Waals surface area contributed by atoms with Crippen molar-refractivity contribution in [2.45, 2.75) is 6.54 Å². The SMILES string of the molecule is [c]1cnn2c(-c3cccc(-c4ccc(CNCCN5CCOCC5)cc4)c3)ccnc12. The Kier molecular flexibility index (Phi) is 6.02. The topological polar surface area (TPSA) is 54.7 Å². The molecule has 6 heteroatoms. The third-order valence-corrected chi connectivity index (χ3v) is 5.71. The molecule has 1 fully saturated rings. The average molecular weight is 413 g/mol. The van der Waals surface area contributed by atoms with Crippen LogP contribution < -0.4 is 5.32 Å². The molecule has 1 radical (unpaired) electrons. The van der Waals surface area contributed by atoms with E-state index in [0.717, 1.165) is 62.8 Å². The fourth-order valence-corrected chi connectivity index (χ4v) is 3.96. The highest BCUT2D eigenvalue weighted by molar-refractivity contribution is 5.72. The Balaban J connectivity index is 1.24. The predicted molar refractivity (Wildman–Crippen MR) is 122 cm³/mol. The van der Waals surface area contributed by atoms with Crippen LogP contribution in [0, 0.1) is 6.07 Å². The van der Waals surface area contributed by atoms with Crippen LogP contribution in [-0.2, 0) is 11.3 Å². The number of hydrogen-bond acceptors (Lipinski definition) is 5. The summed E-state index contributed by atoms with van der Waals surface area (Å²) in [5.41, 5.74) is 6.53. The van der Waals surface area contributed by atoms with Crippen LogP contribution in [0.4, 0.5) is 0 Å². The van der Waals surface area contributed by atoms with Crippen molar-refractivity contribution < 1.29 is 4.74 Å². The van der Waals surface area contributed by atoms with E-state index < -0.39 is 0 Å². The van der Waals surface area contributed by atoms with Crippen molar-refractivity contribution in [3.05, 3.63) is 78.6 Å². The molecule has 31 heavy (non-hydrogen) atoms. The number of ether oxygens (including phenoxy) is 1. The lowest BCUT2D eigenvalue weighted by molar-refractivity contribution is 0.0384. The minimum atomic E-state index is 0.730. The molecule has 2 aromatic carbocycles. The van der Waals surface area contributed by atoms with Crippen LogP contribution >= 0.6 is 0 Å². The fourth-order valence-electron chi connectivity index (χ4n) is 3.96. The van der Waals surface area contributed by atoms with Crippen molar-refractivity contribution in [2.24, 2.45) is 0 Å². The monoisotopic (exact) mass is 412 g/mol. The number of aromatic nitrogens is 3. The maximum Gasteiger partial charge on any atom is 0.163 e. The van der Waals surface area contributed by atoms with E-state index in [4.69, 9.17) is 4.74 Å². The van der Waals surface area contributed by atoms with Crippen molar-refractivity contribution in [2.75, 3.05) is 39.4 Å². The summed E-state index contributed by atoms with van der Waals surface area (Å²) in [6.45, 7) is 6.75. The third kappa shape index (κ3) is 4.66. The highest BCUT2D eigenvalue weighted by atomic mass is 16.5. The Bertz CT molecular complexity index is 1130. The highest BCUT2D eigenvalue weighted by Gasteiger charge is 2.09. The van der Waals surface area contributed by atoms with Crippen LogP contribution in [0.1, 0.15) is 5.56 Å². The van der Waals surface area contributed by atoms with E-state index in [9.17, 15) is 0 Å². The molecule has 0 aliphatic carbocycles. The Labute approximate surface area is 182 Å². The summed E-state index contributed by atoms with van der Waals surface area (Å²) >= 11 is 0. The predicted octanol–water partition coefficient (Wildman–Crippen LogP) is 3.29. The molecule has 0 saturated carbocycles. The quantitative estimate of drug-likeness (QED) is 0.472. The molecule has 4 aromatic rings.